The van der Waals surface area contributed by atoms with E-state index in [0.29, 0.717) is 22.9 Å². The van der Waals surface area contributed by atoms with E-state index in [1.54, 1.807) is 11.3 Å². The summed E-state index contributed by atoms with van der Waals surface area (Å²) in [7, 11) is 0. The van der Waals surface area contributed by atoms with Gasteiger partial charge in [-0.15, -0.1) is 11.3 Å². The fraction of sp³-hybridized carbons (Fsp3) is 0.562. The second-order valence-corrected chi connectivity index (χ2v) is 7.85. The quantitative estimate of drug-likeness (QED) is 0.898. The summed E-state index contributed by atoms with van der Waals surface area (Å²) in [5.74, 6) is 0. The van der Waals surface area contributed by atoms with Crippen LogP contribution in [0.2, 0.25) is 0 Å². The highest BCUT2D eigenvalue weighted by molar-refractivity contribution is 7.18. The van der Waals surface area contributed by atoms with Gasteiger partial charge in [-0.05, 0) is 29.9 Å². The third-order valence-corrected chi connectivity index (χ3v) is 6.34. The van der Waals surface area contributed by atoms with Crippen molar-refractivity contribution in [1.29, 1.82) is 0 Å². The third kappa shape index (κ3) is 1.91. The van der Waals surface area contributed by atoms with E-state index in [2.05, 4.69) is 64.2 Å². The summed E-state index contributed by atoms with van der Waals surface area (Å²) in [5.41, 5.74) is 1.86. The molecule has 0 aliphatic heterocycles. The molecule has 0 spiro atoms. The SMILES string of the molecule is CC(NC1C(C)(C)C1(C)C)c1nc2ccccc2s1. The lowest BCUT2D eigenvalue weighted by Crippen LogP contribution is -2.25. The van der Waals surface area contributed by atoms with Gasteiger partial charge in [0.25, 0.3) is 0 Å². The molecular formula is C16H22N2S. The number of para-hydroxylation sites is 1. The zero-order valence-electron chi connectivity index (χ0n) is 12.3. The number of rotatable bonds is 3. The largest absolute Gasteiger partial charge is 0.304 e. The first-order valence-corrected chi connectivity index (χ1v) is 7.77. The first-order chi connectivity index (χ1) is 8.84. The van der Waals surface area contributed by atoms with E-state index in [-0.39, 0.29) is 0 Å². The molecule has 1 fully saturated rings. The third-order valence-electron chi connectivity index (χ3n) is 5.12. The van der Waals surface area contributed by atoms with Gasteiger partial charge < -0.3 is 5.32 Å². The number of aromatic nitrogens is 1. The first-order valence-electron chi connectivity index (χ1n) is 6.95. The van der Waals surface area contributed by atoms with E-state index >= 15 is 0 Å². The van der Waals surface area contributed by atoms with Gasteiger partial charge in [-0.1, -0.05) is 39.8 Å². The van der Waals surface area contributed by atoms with Crippen molar-refractivity contribution < 1.29 is 0 Å². The molecule has 1 atom stereocenters. The Morgan fingerprint density at radius 1 is 1.16 bits per heavy atom. The summed E-state index contributed by atoms with van der Waals surface area (Å²) in [6.07, 6.45) is 0. The van der Waals surface area contributed by atoms with Gasteiger partial charge in [-0.3, -0.25) is 0 Å². The van der Waals surface area contributed by atoms with E-state index in [4.69, 9.17) is 4.98 Å². The van der Waals surface area contributed by atoms with Crippen LogP contribution in [0.4, 0.5) is 0 Å². The molecule has 0 saturated heterocycles. The molecule has 1 aromatic carbocycles. The fourth-order valence-electron chi connectivity index (χ4n) is 3.01. The zero-order chi connectivity index (χ0) is 13.8. The normalized spacial score (nSPS) is 22.6. The summed E-state index contributed by atoms with van der Waals surface area (Å²) in [6.45, 7) is 11.6. The van der Waals surface area contributed by atoms with Crippen LogP contribution in [-0.4, -0.2) is 11.0 Å². The van der Waals surface area contributed by atoms with Gasteiger partial charge in [-0.25, -0.2) is 4.98 Å². The van der Waals surface area contributed by atoms with Crippen molar-refractivity contribution in [1.82, 2.24) is 10.3 Å². The monoisotopic (exact) mass is 274 g/mol. The molecule has 19 heavy (non-hydrogen) atoms. The van der Waals surface area contributed by atoms with Crippen molar-refractivity contribution in [3.63, 3.8) is 0 Å². The highest BCUT2D eigenvalue weighted by Crippen LogP contribution is 2.63. The molecule has 1 aliphatic carbocycles. The lowest BCUT2D eigenvalue weighted by atomic mass is 10.0. The first kappa shape index (κ1) is 13.1. The van der Waals surface area contributed by atoms with E-state index < -0.39 is 0 Å². The molecule has 1 heterocycles. The summed E-state index contributed by atoms with van der Waals surface area (Å²) in [4.78, 5) is 4.75. The van der Waals surface area contributed by atoms with Crippen molar-refractivity contribution >= 4 is 21.6 Å². The van der Waals surface area contributed by atoms with Gasteiger partial charge in [-0.2, -0.15) is 0 Å². The average molecular weight is 274 g/mol. The summed E-state index contributed by atoms with van der Waals surface area (Å²) < 4.78 is 1.28. The highest BCUT2D eigenvalue weighted by Gasteiger charge is 2.64. The van der Waals surface area contributed by atoms with Crippen LogP contribution in [0.5, 0.6) is 0 Å². The highest BCUT2D eigenvalue weighted by atomic mass is 32.1. The maximum absolute atomic E-state index is 4.75. The molecule has 1 saturated carbocycles. The molecule has 1 unspecified atom stereocenters. The van der Waals surface area contributed by atoms with Gasteiger partial charge in [0.1, 0.15) is 5.01 Å². The molecule has 0 radical (unpaired) electrons. The number of benzene rings is 1. The van der Waals surface area contributed by atoms with Crippen LogP contribution < -0.4 is 5.32 Å². The molecule has 3 rings (SSSR count). The standard InChI is InChI=1S/C16H22N2S/c1-10(17-14-15(2,3)16(14,4)5)13-18-11-8-6-7-9-12(11)19-13/h6-10,14,17H,1-5H3. The maximum Gasteiger partial charge on any atom is 0.111 e. The van der Waals surface area contributed by atoms with E-state index in [1.807, 2.05) is 0 Å². The Kier molecular flexibility index (Phi) is 2.77. The number of thiazole rings is 1. The van der Waals surface area contributed by atoms with Gasteiger partial charge in [0, 0.05) is 6.04 Å². The molecule has 0 amide bonds. The Balaban J connectivity index is 1.80. The van der Waals surface area contributed by atoms with Crippen molar-refractivity contribution in [3.05, 3.63) is 29.3 Å². The Morgan fingerprint density at radius 3 is 2.37 bits per heavy atom. The summed E-state index contributed by atoms with van der Waals surface area (Å²) in [5, 5.41) is 4.95. The van der Waals surface area contributed by atoms with E-state index in [9.17, 15) is 0 Å². The fourth-order valence-corrected chi connectivity index (χ4v) is 3.99. The van der Waals surface area contributed by atoms with Crippen LogP contribution in [0.15, 0.2) is 24.3 Å². The molecule has 1 N–H and O–H groups in total. The van der Waals surface area contributed by atoms with Crippen molar-refractivity contribution in [2.75, 3.05) is 0 Å². The molecule has 2 aromatic rings. The minimum Gasteiger partial charge on any atom is -0.304 e. The van der Waals surface area contributed by atoms with Crippen LogP contribution in [0, 0.1) is 10.8 Å². The Morgan fingerprint density at radius 2 is 1.79 bits per heavy atom. The number of nitrogens with zero attached hydrogens (tertiary/aromatic N) is 1. The Hall–Kier alpha value is -0.930. The van der Waals surface area contributed by atoms with E-state index in [1.165, 1.54) is 9.71 Å². The number of hydrogen-bond donors (Lipinski definition) is 1. The molecule has 1 aliphatic rings. The van der Waals surface area contributed by atoms with E-state index in [0.717, 1.165) is 5.52 Å². The van der Waals surface area contributed by atoms with Gasteiger partial charge in [0.15, 0.2) is 0 Å². The second kappa shape index (κ2) is 4.03. The molecule has 1 aromatic heterocycles. The van der Waals surface area contributed by atoms with Crippen LogP contribution in [0.3, 0.4) is 0 Å². The maximum atomic E-state index is 4.75. The van der Waals surface area contributed by atoms with Gasteiger partial charge in [0.05, 0.1) is 16.3 Å². The minimum atomic E-state index is 0.323. The topological polar surface area (TPSA) is 24.9 Å². The average Bonchev–Trinajstić information content (AvgIpc) is 2.73. The van der Waals surface area contributed by atoms with Crippen LogP contribution in [0.25, 0.3) is 10.2 Å². The van der Waals surface area contributed by atoms with Gasteiger partial charge >= 0.3 is 0 Å². The van der Waals surface area contributed by atoms with Gasteiger partial charge in [0.2, 0.25) is 0 Å². The van der Waals surface area contributed by atoms with Crippen LogP contribution in [-0.2, 0) is 0 Å². The molecule has 3 heteroatoms. The second-order valence-electron chi connectivity index (χ2n) is 6.78. The van der Waals surface area contributed by atoms with Crippen LogP contribution >= 0.6 is 11.3 Å². The number of nitrogens with one attached hydrogen (secondary N) is 1. The lowest BCUT2D eigenvalue weighted by molar-refractivity contribution is 0.457. The smallest absolute Gasteiger partial charge is 0.111 e. The molecule has 0 bridgehead atoms. The zero-order valence-corrected chi connectivity index (χ0v) is 13.1. The molecule has 102 valence electrons. The predicted octanol–water partition coefficient (Wildman–Crippen LogP) is 4.38. The Bertz CT molecular complexity index is 565. The summed E-state index contributed by atoms with van der Waals surface area (Å²) in [6, 6.07) is 9.26. The number of fused-ring (bicyclic) bond motifs is 1. The predicted molar refractivity (Wildman–Crippen MR) is 82.5 cm³/mol. The Labute approximate surface area is 119 Å². The molecular weight excluding hydrogens is 252 g/mol. The van der Waals surface area contributed by atoms with Crippen molar-refractivity contribution in [2.24, 2.45) is 10.8 Å². The summed E-state index contributed by atoms with van der Waals surface area (Å²) >= 11 is 1.80. The molecule has 2 nitrogen and oxygen atoms in total. The number of hydrogen-bond acceptors (Lipinski definition) is 3. The van der Waals surface area contributed by atoms with Crippen molar-refractivity contribution in [2.45, 2.75) is 46.7 Å². The minimum absolute atomic E-state index is 0.323. The van der Waals surface area contributed by atoms with Crippen molar-refractivity contribution in [3.8, 4) is 0 Å². The lowest BCUT2D eigenvalue weighted by Gasteiger charge is -2.12. The van der Waals surface area contributed by atoms with Crippen LogP contribution in [0.1, 0.15) is 45.7 Å².